The second-order valence-corrected chi connectivity index (χ2v) is 4.29. The molecule has 1 aliphatic rings. The molecule has 1 aliphatic heterocycles. The fraction of sp³-hybridized carbons (Fsp3) is 0.500. The van der Waals surface area contributed by atoms with Crippen LogP contribution in [-0.2, 0) is 4.79 Å². The summed E-state index contributed by atoms with van der Waals surface area (Å²) in [6.45, 7) is 6.26. The van der Waals surface area contributed by atoms with E-state index in [1.165, 1.54) is 0 Å². The maximum absolute atomic E-state index is 11.6. The van der Waals surface area contributed by atoms with Gasteiger partial charge in [0.25, 0.3) is 0 Å². The van der Waals surface area contributed by atoms with E-state index in [-0.39, 0.29) is 11.4 Å². The second kappa shape index (κ2) is 3.18. The summed E-state index contributed by atoms with van der Waals surface area (Å²) in [4.78, 5) is 13.3. The SMILES string of the molecule is CC(=O)N1c2nnccc2NCC1(C)C. The first-order chi connectivity index (χ1) is 7.02. The lowest BCUT2D eigenvalue weighted by molar-refractivity contribution is -0.117. The number of carbonyl (C=O) groups excluding carboxylic acids is 1. The van der Waals surface area contributed by atoms with Crippen LogP contribution in [0.3, 0.4) is 0 Å². The zero-order valence-electron chi connectivity index (χ0n) is 9.11. The van der Waals surface area contributed by atoms with Gasteiger partial charge < -0.3 is 5.32 Å². The number of amides is 1. The highest BCUT2D eigenvalue weighted by molar-refractivity contribution is 5.96. The Kier molecular flexibility index (Phi) is 2.10. The fourth-order valence-electron chi connectivity index (χ4n) is 1.88. The lowest BCUT2D eigenvalue weighted by atomic mass is 9.99. The van der Waals surface area contributed by atoms with Crippen LogP contribution in [-0.4, -0.2) is 28.2 Å². The van der Waals surface area contributed by atoms with Gasteiger partial charge in [-0.2, -0.15) is 5.10 Å². The van der Waals surface area contributed by atoms with E-state index in [2.05, 4.69) is 15.5 Å². The van der Waals surface area contributed by atoms with E-state index < -0.39 is 0 Å². The van der Waals surface area contributed by atoms with Crippen molar-refractivity contribution in [2.24, 2.45) is 0 Å². The van der Waals surface area contributed by atoms with Crippen LogP contribution in [0.15, 0.2) is 12.3 Å². The van der Waals surface area contributed by atoms with E-state index in [1.54, 1.807) is 18.0 Å². The summed E-state index contributed by atoms with van der Waals surface area (Å²) in [5.74, 6) is 0.601. The predicted octanol–water partition coefficient (Wildman–Crippen LogP) is 1.03. The van der Waals surface area contributed by atoms with Crippen LogP contribution in [0.2, 0.25) is 0 Å². The molecule has 1 N–H and O–H groups in total. The number of carbonyl (C=O) groups is 1. The molecule has 0 aromatic carbocycles. The first-order valence-electron chi connectivity index (χ1n) is 4.89. The van der Waals surface area contributed by atoms with Crippen molar-refractivity contribution < 1.29 is 4.79 Å². The predicted molar refractivity (Wildman–Crippen MR) is 57.8 cm³/mol. The topological polar surface area (TPSA) is 58.1 Å². The minimum absolute atomic E-state index is 0.0109. The Bertz CT molecular complexity index is 402. The van der Waals surface area contributed by atoms with Crippen molar-refractivity contribution in [3.8, 4) is 0 Å². The molecule has 1 amide bonds. The zero-order chi connectivity index (χ0) is 11.1. The molecular formula is C10H14N4O. The van der Waals surface area contributed by atoms with Gasteiger partial charge >= 0.3 is 0 Å². The Balaban J connectivity index is 2.53. The fourth-order valence-corrected chi connectivity index (χ4v) is 1.88. The Labute approximate surface area is 88.5 Å². The van der Waals surface area contributed by atoms with Gasteiger partial charge in [-0.3, -0.25) is 9.69 Å². The standard InChI is InChI=1S/C10H14N4O/c1-7(15)14-9-8(4-5-12-13-9)11-6-10(14,2)3/h4-5,11H,6H2,1-3H3. The molecule has 0 fully saturated rings. The molecule has 0 saturated heterocycles. The van der Waals surface area contributed by atoms with Gasteiger partial charge in [0.1, 0.15) is 0 Å². The molecule has 1 aromatic rings. The van der Waals surface area contributed by atoms with Gasteiger partial charge in [0.2, 0.25) is 5.91 Å². The van der Waals surface area contributed by atoms with Gasteiger partial charge in [-0.25, -0.2) is 0 Å². The third-order valence-electron chi connectivity index (χ3n) is 2.54. The Morgan fingerprint density at radius 2 is 2.33 bits per heavy atom. The minimum atomic E-state index is -0.269. The molecule has 0 bridgehead atoms. The van der Waals surface area contributed by atoms with Crippen molar-refractivity contribution >= 4 is 17.4 Å². The van der Waals surface area contributed by atoms with Crippen molar-refractivity contribution in [2.45, 2.75) is 26.3 Å². The number of hydrogen-bond acceptors (Lipinski definition) is 4. The quantitative estimate of drug-likeness (QED) is 0.689. The molecule has 5 heteroatoms. The molecule has 0 saturated carbocycles. The van der Waals surface area contributed by atoms with Crippen LogP contribution < -0.4 is 10.2 Å². The monoisotopic (exact) mass is 206 g/mol. The van der Waals surface area contributed by atoms with E-state index in [4.69, 9.17) is 0 Å². The average Bonchev–Trinajstić information content (AvgIpc) is 2.15. The number of rotatable bonds is 0. The Morgan fingerprint density at radius 3 is 3.00 bits per heavy atom. The van der Waals surface area contributed by atoms with E-state index >= 15 is 0 Å². The molecule has 0 radical (unpaired) electrons. The largest absolute Gasteiger partial charge is 0.380 e. The second-order valence-electron chi connectivity index (χ2n) is 4.29. The van der Waals surface area contributed by atoms with Gasteiger partial charge in [-0.05, 0) is 19.9 Å². The van der Waals surface area contributed by atoms with E-state index in [9.17, 15) is 4.79 Å². The highest BCUT2D eigenvalue weighted by atomic mass is 16.2. The number of nitrogens with one attached hydrogen (secondary N) is 1. The molecule has 80 valence electrons. The van der Waals surface area contributed by atoms with E-state index in [1.807, 2.05) is 19.9 Å². The Morgan fingerprint density at radius 1 is 1.60 bits per heavy atom. The number of fused-ring (bicyclic) bond motifs is 1. The van der Waals surface area contributed by atoms with Crippen molar-refractivity contribution in [1.82, 2.24) is 10.2 Å². The van der Waals surface area contributed by atoms with Gasteiger partial charge in [-0.1, -0.05) is 0 Å². The summed E-state index contributed by atoms with van der Waals surface area (Å²) in [5, 5.41) is 11.1. The van der Waals surface area contributed by atoms with E-state index in [0.717, 1.165) is 5.69 Å². The molecule has 2 heterocycles. The van der Waals surface area contributed by atoms with Crippen LogP contribution in [0.4, 0.5) is 11.5 Å². The van der Waals surface area contributed by atoms with Crippen LogP contribution in [0.1, 0.15) is 20.8 Å². The van der Waals surface area contributed by atoms with Gasteiger partial charge in [-0.15, -0.1) is 5.10 Å². The van der Waals surface area contributed by atoms with E-state index in [0.29, 0.717) is 12.4 Å². The summed E-state index contributed by atoms with van der Waals surface area (Å²) in [6.07, 6.45) is 1.61. The Hall–Kier alpha value is -1.65. The summed E-state index contributed by atoms with van der Waals surface area (Å²) < 4.78 is 0. The normalized spacial score (nSPS) is 17.9. The minimum Gasteiger partial charge on any atom is -0.380 e. The summed E-state index contributed by atoms with van der Waals surface area (Å²) in [6, 6.07) is 1.83. The molecule has 5 nitrogen and oxygen atoms in total. The van der Waals surface area contributed by atoms with Crippen LogP contribution in [0.25, 0.3) is 0 Å². The summed E-state index contributed by atoms with van der Waals surface area (Å²) in [7, 11) is 0. The first kappa shape index (κ1) is 9.89. The van der Waals surface area contributed by atoms with Gasteiger partial charge in [0.15, 0.2) is 5.82 Å². The van der Waals surface area contributed by atoms with Crippen molar-refractivity contribution in [3.05, 3.63) is 12.3 Å². The smallest absolute Gasteiger partial charge is 0.225 e. The summed E-state index contributed by atoms with van der Waals surface area (Å²) in [5.41, 5.74) is 0.592. The van der Waals surface area contributed by atoms with Gasteiger partial charge in [0, 0.05) is 13.5 Å². The number of hydrogen-bond donors (Lipinski definition) is 1. The maximum Gasteiger partial charge on any atom is 0.225 e. The first-order valence-corrected chi connectivity index (χ1v) is 4.89. The molecule has 0 aliphatic carbocycles. The van der Waals surface area contributed by atoms with Crippen molar-refractivity contribution in [1.29, 1.82) is 0 Å². The van der Waals surface area contributed by atoms with Crippen molar-refractivity contribution in [3.63, 3.8) is 0 Å². The van der Waals surface area contributed by atoms with Gasteiger partial charge in [0.05, 0.1) is 17.4 Å². The highest BCUT2D eigenvalue weighted by Gasteiger charge is 2.36. The zero-order valence-corrected chi connectivity index (χ0v) is 9.11. The lowest BCUT2D eigenvalue weighted by Gasteiger charge is -2.41. The molecule has 1 aromatic heterocycles. The third kappa shape index (κ3) is 1.54. The molecule has 0 spiro atoms. The molecule has 2 rings (SSSR count). The molecule has 15 heavy (non-hydrogen) atoms. The number of anilines is 2. The molecular weight excluding hydrogens is 192 g/mol. The third-order valence-corrected chi connectivity index (χ3v) is 2.54. The molecule has 0 atom stereocenters. The summed E-state index contributed by atoms with van der Waals surface area (Å²) >= 11 is 0. The molecule has 0 unspecified atom stereocenters. The van der Waals surface area contributed by atoms with Crippen LogP contribution in [0.5, 0.6) is 0 Å². The average molecular weight is 206 g/mol. The van der Waals surface area contributed by atoms with Crippen LogP contribution >= 0.6 is 0 Å². The number of nitrogens with zero attached hydrogens (tertiary/aromatic N) is 3. The number of aromatic nitrogens is 2. The maximum atomic E-state index is 11.6. The van der Waals surface area contributed by atoms with Crippen LogP contribution in [0, 0.1) is 0 Å². The lowest BCUT2D eigenvalue weighted by Crippen LogP contribution is -2.54. The van der Waals surface area contributed by atoms with Crippen molar-refractivity contribution in [2.75, 3.05) is 16.8 Å². The highest BCUT2D eigenvalue weighted by Crippen LogP contribution is 2.33.